The molecule has 0 N–H and O–H groups in total. The molecule has 0 aliphatic rings. The SMILES string of the molecule is Cc1ccc(Cl)cc1N=C(C(=Nc1cc(Cl)ccc1C)c1ccccc1)c1ccccc1.[Br][Ni][Br]. The van der Waals surface area contributed by atoms with Gasteiger partial charge in [0.1, 0.15) is 0 Å². The van der Waals surface area contributed by atoms with E-state index >= 15 is 0 Å². The molecule has 4 aromatic carbocycles. The molecule has 0 aliphatic heterocycles. The van der Waals surface area contributed by atoms with E-state index in [0.717, 1.165) is 45.1 Å². The molecule has 0 saturated carbocycles. The molecule has 0 atom stereocenters. The minimum atomic E-state index is 0.644. The fraction of sp³-hybridized carbons (Fsp3) is 0.0714. The van der Waals surface area contributed by atoms with Crippen molar-refractivity contribution in [3.8, 4) is 0 Å². The molecule has 0 heterocycles. The summed E-state index contributed by atoms with van der Waals surface area (Å²) >= 11 is 18.6. The third kappa shape index (κ3) is 8.13. The van der Waals surface area contributed by atoms with Crippen LogP contribution in [0.15, 0.2) is 107 Å². The molecule has 0 spiro atoms. The van der Waals surface area contributed by atoms with Gasteiger partial charge in [0.2, 0.25) is 0 Å². The van der Waals surface area contributed by atoms with Crippen molar-refractivity contribution in [3.05, 3.63) is 129 Å². The Bertz CT molecular complexity index is 1220. The second-order valence-corrected chi connectivity index (χ2v) is 13.4. The van der Waals surface area contributed by atoms with Crippen LogP contribution in [-0.2, 0) is 10.9 Å². The molecule has 0 amide bonds. The van der Waals surface area contributed by atoms with Crippen molar-refractivity contribution in [1.82, 2.24) is 0 Å². The van der Waals surface area contributed by atoms with E-state index in [1.54, 1.807) is 0 Å². The molecule has 0 unspecified atom stereocenters. The summed E-state index contributed by atoms with van der Waals surface area (Å²) < 4.78 is 0. The molecule has 0 fully saturated rings. The Morgan fingerprint density at radius 3 is 1.29 bits per heavy atom. The van der Waals surface area contributed by atoms with E-state index in [9.17, 15) is 0 Å². The van der Waals surface area contributed by atoms with E-state index in [1.807, 2.05) is 111 Å². The molecule has 0 saturated heterocycles. The second-order valence-electron chi connectivity index (χ2n) is 7.56. The Kier molecular flexibility index (Phi) is 11.2. The fourth-order valence-electron chi connectivity index (χ4n) is 3.35. The summed E-state index contributed by atoms with van der Waals surface area (Å²) in [6.07, 6.45) is 0. The van der Waals surface area contributed by atoms with Crippen LogP contribution in [0.2, 0.25) is 10.0 Å². The van der Waals surface area contributed by atoms with Gasteiger partial charge in [0.25, 0.3) is 0 Å². The predicted octanol–water partition coefficient (Wildman–Crippen LogP) is 10.2. The zero-order valence-electron chi connectivity index (χ0n) is 19.0. The van der Waals surface area contributed by atoms with Gasteiger partial charge in [-0.2, -0.15) is 0 Å². The van der Waals surface area contributed by atoms with Gasteiger partial charge in [0.15, 0.2) is 0 Å². The average molecular weight is 676 g/mol. The Balaban J connectivity index is 0.00000108. The van der Waals surface area contributed by atoms with Crippen molar-refractivity contribution in [3.63, 3.8) is 0 Å². The summed E-state index contributed by atoms with van der Waals surface area (Å²) in [4.78, 5) is 10.2. The number of rotatable bonds is 5. The van der Waals surface area contributed by atoms with E-state index < -0.39 is 0 Å². The minimum absolute atomic E-state index is 0.644. The van der Waals surface area contributed by atoms with Gasteiger partial charge in [0.05, 0.1) is 22.8 Å². The van der Waals surface area contributed by atoms with Crippen molar-refractivity contribution < 1.29 is 10.9 Å². The second kappa shape index (κ2) is 14.1. The first-order valence-corrected chi connectivity index (χ1v) is 16.2. The van der Waals surface area contributed by atoms with Gasteiger partial charge in [-0.15, -0.1) is 0 Å². The zero-order chi connectivity index (χ0) is 25.2. The summed E-state index contributed by atoms with van der Waals surface area (Å²) in [6, 6.07) is 31.6. The van der Waals surface area contributed by atoms with Crippen LogP contribution < -0.4 is 0 Å². The monoisotopic (exact) mass is 672 g/mol. The number of aliphatic imine (C=N–C) groups is 2. The van der Waals surface area contributed by atoms with Gasteiger partial charge in [-0.25, -0.2) is 9.98 Å². The van der Waals surface area contributed by atoms with E-state index in [0.29, 0.717) is 10.0 Å². The van der Waals surface area contributed by atoms with E-state index in [2.05, 4.69) is 28.5 Å². The van der Waals surface area contributed by atoms with Gasteiger partial charge >= 0.3 is 39.3 Å². The maximum absolute atomic E-state index is 6.30. The summed E-state index contributed by atoms with van der Waals surface area (Å²) in [5.74, 6) is 0. The Labute approximate surface area is 236 Å². The predicted molar refractivity (Wildman–Crippen MR) is 156 cm³/mol. The molecule has 4 rings (SSSR count). The van der Waals surface area contributed by atoms with Gasteiger partial charge in [-0.3, -0.25) is 0 Å². The van der Waals surface area contributed by atoms with Crippen LogP contribution >= 0.6 is 51.7 Å². The third-order valence-corrected chi connectivity index (χ3v) is 5.60. The van der Waals surface area contributed by atoms with E-state index in [-0.39, 0.29) is 0 Å². The molecular formula is C28H22Br2Cl2N2Ni. The number of halogens is 4. The number of aryl methyl sites for hydroxylation is 2. The molecule has 2 nitrogen and oxygen atoms in total. The number of hydrogen-bond acceptors (Lipinski definition) is 2. The van der Waals surface area contributed by atoms with Crippen LogP contribution in [-0.4, -0.2) is 11.4 Å². The van der Waals surface area contributed by atoms with Crippen molar-refractivity contribution in [2.24, 2.45) is 9.98 Å². The van der Waals surface area contributed by atoms with Crippen molar-refractivity contribution in [2.45, 2.75) is 13.8 Å². The van der Waals surface area contributed by atoms with Crippen LogP contribution in [0.4, 0.5) is 11.4 Å². The zero-order valence-corrected chi connectivity index (χ0v) is 24.6. The molecule has 0 radical (unpaired) electrons. The van der Waals surface area contributed by atoms with E-state index in [1.165, 1.54) is 10.9 Å². The molecule has 0 bridgehead atoms. The van der Waals surface area contributed by atoms with Gasteiger partial charge in [0, 0.05) is 21.2 Å². The standard InChI is InChI=1S/C28H22Cl2N2.2BrH.Ni/c1-19-13-15-23(29)17-25(19)31-27(21-9-5-3-6-10-21)28(22-11-7-4-8-12-22)32-26-18-24(30)16-14-20(26)2;;;/h3-18H,1-2H3;2*1H;/q;;;+2/p-2. The Hall–Kier alpha value is -1.75. The average Bonchev–Trinajstić information content (AvgIpc) is 2.87. The molecular weight excluding hydrogens is 654 g/mol. The molecule has 4 aromatic rings. The first kappa shape index (κ1) is 27.8. The topological polar surface area (TPSA) is 24.7 Å². The first-order chi connectivity index (χ1) is 16.9. The Morgan fingerprint density at radius 1 is 0.600 bits per heavy atom. The summed E-state index contributed by atoms with van der Waals surface area (Å²) in [6.45, 7) is 4.05. The number of benzene rings is 4. The third-order valence-electron chi connectivity index (χ3n) is 5.13. The van der Waals surface area contributed by atoms with Gasteiger partial charge in [-0.05, 0) is 49.2 Å². The van der Waals surface area contributed by atoms with Crippen molar-refractivity contribution >= 4 is 74.5 Å². The summed E-state index contributed by atoms with van der Waals surface area (Å²) in [7, 11) is 1.25. The molecule has 7 heteroatoms. The number of nitrogens with zero attached hydrogens (tertiary/aromatic N) is 2. The fourth-order valence-corrected chi connectivity index (χ4v) is 3.68. The molecule has 182 valence electrons. The van der Waals surface area contributed by atoms with Crippen molar-refractivity contribution in [2.75, 3.05) is 0 Å². The normalized spacial score (nSPS) is 11.7. The number of hydrogen-bond donors (Lipinski definition) is 0. The summed E-state index contributed by atoms with van der Waals surface area (Å²) in [5, 5.41) is 1.29. The van der Waals surface area contributed by atoms with Crippen LogP contribution in [0.1, 0.15) is 22.3 Å². The molecule has 0 aliphatic carbocycles. The summed E-state index contributed by atoms with van der Waals surface area (Å²) in [5.41, 5.74) is 7.15. The van der Waals surface area contributed by atoms with Crippen LogP contribution in [0.3, 0.4) is 0 Å². The molecule has 35 heavy (non-hydrogen) atoms. The van der Waals surface area contributed by atoms with E-state index in [4.69, 9.17) is 33.2 Å². The van der Waals surface area contributed by atoms with Gasteiger partial charge in [-0.1, -0.05) is 96.0 Å². The quantitative estimate of drug-likeness (QED) is 0.149. The van der Waals surface area contributed by atoms with Crippen LogP contribution in [0.5, 0.6) is 0 Å². The van der Waals surface area contributed by atoms with Gasteiger partial charge < -0.3 is 0 Å². The first-order valence-electron chi connectivity index (χ1n) is 10.6. The Morgan fingerprint density at radius 2 is 0.943 bits per heavy atom. The van der Waals surface area contributed by atoms with Crippen LogP contribution in [0.25, 0.3) is 0 Å². The molecule has 0 aromatic heterocycles. The maximum atomic E-state index is 6.30. The van der Waals surface area contributed by atoms with Crippen molar-refractivity contribution in [1.29, 1.82) is 0 Å². The van der Waals surface area contributed by atoms with Crippen LogP contribution in [0, 0.1) is 13.8 Å².